The standard InChI is InChI=1S/C23H29ClN2O2/c1-8-16(4)13-14-17(5)22(25-7)21(15(2)3)26-23(27)28-18(6)19-11-9-10-12-20(19)24/h8-14,18,25H,2,5H2,1,3-4,6-7H3,(H,26,27)/b14-13-,16-8-,22-21+. The highest BCUT2D eigenvalue weighted by atomic mass is 35.5. The first-order chi connectivity index (χ1) is 13.2. The second-order valence-corrected chi connectivity index (χ2v) is 6.77. The number of ether oxygens (including phenoxy) is 1. The van der Waals surface area contributed by atoms with Crippen LogP contribution in [0.25, 0.3) is 0 Å². The summed E-state index contributed by atoms with van der Waals surface area (Å²) in [5.74, 6) is 0. The second-order valence-electron chi connectivity index (χ2n) is 6.37. The number of amides is 1. The summed E-state index contributed by atoms with van der Waals surface area (Å²) in [6.07, 6.45) is 4.73. The van der Waals surface area contributed by atoms with E-state index in [0.717, 1.165) is 11.1 Å². The van der Waals surface area contributed by atoms with Gasteiger partial charge in [0.25, 0.3) is 0 Å². The van der Waals surface area contributed by atoms with E-state index in [-0.39, 0.29) is 0 Å². The van der Waals surface area contributed by atoms with Crippen LogP contribution in [0, 0.1) is 0 Å². The van der Waals surface area contributed by atoms with Crippen LogP contribution in [-0.4, -0.2) is 13.1 Å². The summed E-state index contributed by atoms with van der Waals surface area (Å²) in [5.41, 5.74) is 4.41. The van der Waals surface area contributed by atoms with Gasteiger partial charge in [0.1, 0.15) is 6.10 Å². The molecular weight excluding hydrogens is 372 g/mol. The highest BCUT2D eigenvalue weighted by Gasteiger charge is 2.17. The molecule has 4 nitrogen and oxygen atoms in total. The summed E-state index contributed by atoms with van der Waals surface area (Å²) in [6, 6.07) is 7.26. The number of alkyl carbamates (subject to hydrolysis) is 1. The predicted octanol–water partition coefficient (Wildman–Crippen LogP) is 6.21. The van der Waals surface area contributed by atoms with E-state index in [1.807, 2.05) is 50.3 Å². The van der Waals surface area contributed by atoms with Crippen molar-refractivity contribution in [2.24, 2.45) is 0 Å². The summed E-state index contributed by atoms with van der Waals surface area (Å²) in [6.45, 7) is 15.6. The molecule has 1 aromatic rings. The van der Waals surface area contributed by atoms with Gasteiger partial charge in [-0.15, -0.1) is 0 Å². The van der Waals surface area contributed by atoms with Crippen molar-refractivity contribution in [2.75, 3.05) is 7.05 Å². The Labute approximate surface area is 173 Å². The zero-order valence-corrected chi connectivity index (χ0v) is 18.0. The molecule has 0 bridgehead atoms. The number of allylic oxidation sites excluding steroid dienone is 5. The van der Waals surface area contributed by atoms with Gasteiger partial charge in [-0.25, -0.2) is 4.79 Å². The molecule has 0 aliphatic carbocycles. The van der Waals surface area contributed by atoms with E-state index in [4.69, 9.17) is 16.3 Å². The van der Waals surface area contributed by atoms with Crippen molar-refractivity contribution < 1.29 is 9.53 Å². The molecule has 0 heterocycles. The Morgan fingerprint density at radius 3 is 2.36 bits per heavy atom. The summed E-state index contributed by atoms with van der Waals surface area (Å²) in [5, 5.41) is 6.40. The first-order valence-corrected chi connectivity index (χ1v) is 9.39. The molecule has 2 N–H and O–H groups in total. The van der Waals surface area contributed by atoms with E-state index >= 15 is 0 Å². The zero-order chi connectivity index (χ0) is 21.3. The first kappa shape index (κ1) is 23.3. The third kappa shape index (κ3) is 6.78. The van der Waals surface area contributed by atoms with Crippen LogP contribution in [0.1, 0.15) is 39.4 Å². The van der Waals surface area contributed by atoms with Crippen LogP contribution < -0.4 is 10.6 Å². The summed E-state index contributed by atoms with van der Waals surface area (Å²) in [7, 11) is 1.76. The van der Waals surface area contributed by atoms with Crippen molar-refractivity contribution in [2.45, 2.75) is 33.8 Å². The highest BCUT2D eigenvalue weighted by molar-refractivity contribution is 6.31. The number of nitrogens with one attached hydrogen (secondary N) is 2. The van der Waals surface area contributed by atoms with Gasteiger partial charge in [0, 0.05) is 17.6 Å². The minimum Gasteiger partial charge on any atom is -0.441 e. The molecule has 1 aromatic carbocycles. The Hall–Kier alpha value is -2.72. The molecule has 150 valence electrons. The van der Waals surface area contributed by atoms with Crippen LogP contribution >= 0.6 is 11.6 Å². The van der Waals surface area contributed by atoms with Crippen LogP contribution in [0.4, 0.5) is 4.79 Å². The van der Waals surface area contributed by atoms with Crippen molar-refractivity contribution in [1.29, 1.82) is 0 Å². The molecule has 0 aliphatic heterocycles. The molecule has 28 heavy (non-hydrogen) atoms. The molecule has 1 atom stereocenters. The fraction of sp³-hybridized carbons (Fsp3) is 0.261. The summed E-state index contributed by atoms with van der Waals surface area (Å²) >= 11 is 6.18. The van der Waals surface area contributed by atoms with Gasteiger partial charge in [0.2, 0.25) is 0 Å². The number of hydrogen-bond donors (Lipinski definition) is 2. The third-order valence-electron chi connectivity index (χ3n) is 4.10. The lowest BCUT2D eigenvalue weighted by atomic mass is 10.1. The Balaban J connectivity index is 3.03. The van der Waals surface area contributed by atoms with Crippen LogP contribution in [0.5, 0.6) is 0 Å². The van der Waals surface area contributed by atoms with Gasteiger partial charge in [-0.05, 0) is 44.9 Å². The SMILES string of the molecule is C=C(C)/C(NC(=O)OC(C)c1ccccc1Cl)=C(\NC)C(=C)/C=C\C(C)=C/C. The largest absolute Gasteiger partial charge is 0.441 e. The first-order valence-electron chi connectivity index (χ1n) is 9.01. The Morgan fingerprint density at radius 2 is 1.82 bits per heavy atom. The van der Waals surface area contributed by atoms with Crippen molar-refractivity contribution in [3.05, 3.63) is 94.4 Å². The lowest BCUT2D eigenvalue weighted by Crippen LogP contribution is -2.29. The van der Waals surface area contributed by atoms with E-state index < -0.39 is 12.2 Å². The average Bonchev–Trinajstić information content (AvgIpc) is 2.65. The smallest absolute Gasteiger partial charge is 0.412 e. The van der Waals surface area contributed by atoms with Gasteiger partial charge in [-0.2, -0.15) is 0 Å². The van der Waals surface area contributed by atoms with Gasteiger partial charge in [0.15, 0.2) is 0 Å². The van der Waals surface area contributed by atoms with E-state index in [1.165, 1.54) is 0 Å². The van der Waals surface area contributed by atoms with Crippen LogP contribution in [0.3, 0.4) is 0 Å². The topological polar surface area (TPSA) is 50.4 Å². The van der Waals surface area contributed by atoms with Gasteiger partial charge >= 0.3 is 6.09 Å². The lowest BCUT2D eigenvalue weighted by Gasteiger charge is -2.19. The Kier molecular flexibility index (Phi) is 9.33. The Bertz CT molecular complexity index is 835. The fourth-order valence-corrected chi connectivity index (χ4v) is 2.69. The van der Waals surface area contributed by atoms with Crippen molar-refractivity contribution in [1.82, 2.24) is 10.6 Å². The molecule has 0 saturated carbocycles. The molecule has 1 rings (SSSR count). The quantitative estimate of drug-likeness (QED) is 0.510. The molecule has 1 amide bonds. The number of hydrogen-bond acceptors (Lipinski definition) is 3. The predicted molar refractivity (Wildman–Crippen MR) is 118 cm³/mol. The minimum absolute atomic E-state index is 0.501. The maximum Gasteiger partial charge on any atom is 0.412 e. The van der Waals surface area contributed by atoms with Crippen molar-refractivity contribution >= 4 is 17.7 Å². The number of rotatable bonds is 8. The van der Waals surface area contributed by atoms with Gasteiger partial charge in [-0.3, -0.25) is 5.32 Å². The average molecular weight is 401 g/mol. The molecule has 0 radical (unpaired) electrons. The molecule has 1 unspecified atom stereocenters. The number of carbonyl (C=O) groups is 1. The number of halogens is 1. The molecular formula is C23H29ClN2O2. The normalized spacial score (nSPS) is 13.6. The van der Waals surface area contributed by atoms with Crippen LogP contribution in [0.2, 0.25) is 5.02 Å². The fourth-order valence-electron chi connectivity index (χ4n) is 2.40. The monoisotopic (exact) mass is 400 g/mol. The molecule has 0 aliphatic rings. The van der Waals surface area contributed by atoms with E-state index in [2.05, 4.69) is 23.8 Å². The Morgan fingerprint density at radius 1 is 1.18 bits per heavy atom. The van der Waals surface area contributed by atoms with Crippen molar-refractivity contribution in [3.8, 4) is 0 Å². The van der Waals surface area contributed by atoms with Crippen LogP contribution in [0.15, 0.2) is 83.8 Å². The number of carbonyl (C=O) groups excluding carboxylic acids is 1. The molecule has 0 fully saturated rings. The minimum atomic E-state index is -0.598. The summed E-state index contributed by atoms with van der Waals surface area (Å²) in [4.78, 5) is 12.5. The maximum absolute atomic E-state index is 12.5. The lowest BCUT2D eigenvalue weighted by molar-refractivity contribution is 0.110. The number of benzene rings is 1. The maximum atomic E-state index is 12.5. The number of likely N-dealkylation sites (N-methyl/N-ethyl adjacent to an activating group) is 1. The highest BCUT2D eigenvalue weighted by Crippen LogP contribution is 2.25. The van der Waals surface area contributed by atoms with Gasteiger partial charge in [0.05, 0.1) is 11.4 Å². The van der Waals surface area contributed by atoms with Gasteiger partial charge < -0.3 is 10.1 Å². The van der Waals surface area contributed by atoms with Gasteiger partial charge in [-0.1, -0.05) is 66.8 Å². The van der Waals surface area contributed by atoms with E-state index in [9.17, 15) is 4.79 Å². The van der Waals surface area contributed by atoms with E-state index in [0.29, 0.717) is 27.6 Å². The zero-order valence-electron chi connectivity index (χ0n) is 17.2. The second kappa shape index (κ2) is 11.2. The van der Waals surface area contributed by atoms with Crippen LogP contribution in [-0.2, 0) is 4.74 Å². The molecule has 5 heteroatoms. The molecule has 0 aromatic heterocycles. The summed E-state index contributed by atoms with van der Waals surface area (Å²) < 4.78 is 5.49. The molecule has 0 spiro atoms. The van der Waals surface area contributed by atoms with E-state index in [1.54, 1.807) is 27.0 Å². The molecule has 0 saturated heterocycles. The van der Waals surface area contributed by atoms with Crippen molar-refractivity contribution in [3.63, 3.8) is 0 Å². The third-order valence-corrected chi connectivity index (χ3v) is 4.45.